The van der Waals surface area contributed by atoms with Crippen LogP contribution >= 0.6 is 0 Å². The van der Waals surface area contributed by atoms with E-state index in [1.165, 1.54) is 0 Å². The summed E-state index contributed by atoms with van der Waals surface area (Å²) in [6.45, 7) is 2.83. The fraction of sp³-hybridized carbons (Fsp3) is 0.417. The van der Waals surface area contributed by atoms with Crippen LogP contribution in [0.5, 0.6) is 5.75 Å². The molecule has 0 bridgehead atoms. The number of hydrogen-bond acceptors (Lipinski definition) is 2. The van der Waals surface area contributed by atoms with E-state index in [1.54, 1.807) is 0 Å². The van der Waals surface area contributed by atoms with E-state index in [1.807, 2.05) is 30.6 Å². The van der Waals surface area contributed by atoms with E-state index in [0.29, 0.717) is 6.42 Å². The van der Waals surface area contributed by atoms with Gasteiger partial charge in [-0.25, -0.2) is 0 Å². The maximum atomic E-state index is 10.0. The number of rotatable bonds is 6. The fourth-order valence-corrected chi connectivity index (χ4v) is 1.17. The Kier molecular flexibility index (Phi) is 4.76. The van der Waals surface area contributed by atoms with Crippen molar-refractivity contribution in [2.75, 3.05) is 6.61 Å². The Morgan fingerprint density at radius 1 is 1.29 bits per heavy atom. The average Bonchev–Trinajstić information content (AvgIpc) is 2.25. The van der Waals surface area contributed by atoms with Crippen LogP contribution in [-0.2, 0) is 11.2 Å². The zero-order chi connectivity index (χ0) is 10.2. The molecule has 0 amide bonds. The van der Waals surface area contributed by atoms with Crippen molar-refractivity contribution in [3.8, 4) is 5.75 Å². The van der Waals surface area contributed by atoms with Crippen molar-refractivity contribution in [2.45, 2.75) is 26.2 Å². The number of hydrogen-bond donors (Lipinski definition) is 0. The van der Waals surface area contributed by atoms with Crippen LogP contribution in [0.4, 0.5) is 0 Å². The average molecular weight is 191 g/mol. The van der Waals surface area contributed by atoms with E-state index in [4.69, 9.17) is 4.74 Å². The maximum absolute atomic E-state index is 10.0. The summed E-state index contributed by atoms with van der Waals surface area (Å²) in [5, 5.41) is 0. The highest BCUT2D eigenvalue weighted by molar-refractivity contribution is 5.51. The minimum atomic E-state index is 0.467. The lowest BCUT2D eigenvalue weighted by Crippen LogP contribution is -1.95. The van der Waals surface area contributed by atoms with Gasteiger partial charge in [-0.15, -0.1) is 0 Å². The number of ether oxygens (including phenoxy) is 1. The third-order valence-corrected chi connectivity index (χ3v) is 1.91. The topological polar surface area (TPSA) is 26.3 Å². The van der Waals surface area contributed by atoms with E-state index in [-0.39, 0.29) is 0 Å². The lowest BCUT2D eigenvalue weighted by Gasteiger charge is -2.04. The normalized spacial score (nSPS) is 9.79. The van der Waals surface area contributed by atoms with Gasteiger partial charge in [0.25, 0.3) is 0 Å². The molecule has 1 radical (unpaired) electrons. The van der Waals surface area contributed by atoms with E-state index < -0.39 is 0 Å². The lowest BCUT2D eigenvalue weighted by atomic mass is 10.1. The second kappa shape index (κ2) is 6.19. The molecule has 0 N–H and O–H groups in total. The Bertz CT molecular complexity index is 264. The zero-order valence-electron chi connectivity index (χ0n) is 8.45. The molecule has 0 aliphatic rings. The van der Waals surface area contributed by atoms with Crippen LogP contribution in [0.3, 0.4) is 0 Å². The highest BCUT2D eigenvalue weighted by atomic mass is 16.5. The minimum Gasteiger partial charge on any atom is -0.494 e. The highest BCUT2D eigenvalue weighted by Gasteiger charge is 1.95. The first-order valence-electron chi connectivity index (χ1n) is 4.93. The van der Waals surface area contributed by atoms with Crippen molar-refractivity contribution in [3.63, 3.8) is 0 Å². The summed E-state index contributed by atoms with van der Waals surface area (Å²) in [5.41, 5.74) is 1.15. The van der Waals surface area contributed by atoms with Crippen molar-refractivity contribution in [1.29, 1.82) is 0 Å². The third-order valence-electron chi connectivity index (χ3n) is 1.91. The molecule has 0 aliphatic heterocycles. The Morgan fingerprint density at radius 2 is 2.00 bits per heavy atom. The molecule has 1 aromatic rings. The molecule has 1 rings (SSSR count). The second-order valence-electron chi connectivity index (χ2n) is 3.14. The van der Waals surface area contributed by atoms with Gasteiger partial charge in [-0.1, -0.05) is 19.1 Å². The molecule has 0 saturated heterocycles. The van der Waals surface area contributed by atoms with Crippen molar-refractivity contribution in [1.82, 2.24) is 0 Å². The number of aryl methyl sites for hydroxylation is 1. The Hall–Kier alpha value is -1.31. The van der Waals surface area contributed by atoms with Crippen LogP contribution in [0.2, 0.25) is 0 Å². The monoisotopic (exact) mass is 191 g/mol. The van der Waals surface area contributed by atoms with Gasteiger partial charge in [-0.2, -0.15) is 0 Å². The van der Waals surface area contributed by atoms with Crippen LogP contribution in [-0.4, -0.2) is 12.9 Å². The Morgan fingerprint density at radius 3 is 2.57 bits per heavy atom. The molecule has 0 heterocycles. The zero-order valence-corrected chi connectivity index (χ0v) is 8.45. The Labute approximate surface area is 84.9 Å². The summed E-state index contributed by atoms with van der Waals surface area (Å²) < 4.78 is 5.44. The first kappa shape index (κ1) is 10.8. The van der Waals surface area contributed by atoms with Gasteiger partial charge >= 0.3 is 0 Å². The van der Waals surface area contributed by atoms with Gasteiger partial charge in [0.05, 0.1) is 6.61 Å². The molecule has 0 aromatic heterocycles. The van der Waals surface area contributed by atoms with Gasteiger partial charge in [0.2, 0.25) is 0 Å². The van der Waals surface area contributed by atoms with E-state index in [9.17, 15) is 4.79 Å². The van der Waals surface area contributed by atoms with Crippen LogP contribution in [0.1, 0.15) is 25.3 Å². The van der Waals surface area contributed by atoms with Gasteiger partial charge in [-0.05, 0) is 30.5 Å². The highest BCUT2D eigenvalue weighted by Crippen LogP contribution is 2.13. The van der Waals surface area contributed by atoms with Crippen LogP contribution < -0.4 is 4.74 Å². The fourth-order valence-electron chi connectivity index (χ4n) is 1.17. The quantitative estimate of drug-likeness (QED) is 0.690. The molecule has 0 fully saturated rings. The van der Waals surface area contributed by atoms with Gasteiger partial charge < -0.3 is 4.74 Å². The minimum absolute atomic E-state index is 0.467. The molecule has 0 atom stereocenters. The SMILES string of the molecule is CCCOc1ccc(CC[C]=O)cc1. The van der Waals surface area contributed by atoms with Gasteiger partial charge in [0, 0.05) is 6.42 Å². The number of benzene rings is 1. The largest absolute Gasteiger partial charge is 0.494 e. The van der Waals surface area contributed by atoms with Crippen molar-refractivity contribution >= 4 is 6.29 Å². The first-order chi connectivity index (χ1) is 6.86. The summed E-state index contributed by atoms with van der Waals surface area (Å²) in [6, 6.07) is 7.86. The molecule has 0 spiro atoms. The Balaban J connectivity index is 2.46. The predicted octanol–water partition coefficient (Wildman–Crippen LogP) is 2.52. The molecule has 0 aliphatic carbocycles. The third kappa shape index (κ3) is 3.60. The predicted molar refractivity (Wildman–Crippen MR) is 56.2 cm³/mol. The summed E-state index contributed by atoms with van der Waals surface area (Å²) >= 11 is 0. The van der Waals surface area contributed by atoms with Crippen molar-refractivity contribution in [2.24, 2.45) is 0 Å². The maximum Gasteiger partial charge on any atom is 0.198 e. The van der Waals surface area contributed by atoms with Crippen LogP contribution in [0.25, 0.3) is 0 Å². The van der Waals surface area contributed by atoms with E-state index in [0.717, 1.165) is 30.8 Å². The summed E-state index contributed by atoms with van der Waals surface area (Å²) in [4.78, 5) is 10.0. The molecular weight excluding hydrogens is 176 g/mol. The number of carbonyl (C=O) groups excluding carboxylic acids is 1. The van der Waals surface area contributed by atoms with Gasteiger partial charge in [-0.3, -0.25) is 4.79 Å². The van der Waals surface area contributed by atoms with Crippen LogP contribution in [0.15, 0.2) is 24.3 Å². The van der Waals surface area contributed by atoms with Crippen LogP contribution in [0, 0.1) is 0 Å². The molecule has 0 saturated carbocycles. The summed E-state index contributed by atoms with van der Waals surface area (Å²) in [5.74, 6) is 0.894. The first-order valence-corrected chi connectivity index (χ1v) is 4.93. The molecule has 1 aromatic carbocycles. The molecule has 14 heavy (non-hydrogen) atoms. The smallest absolute Gasteiger partial charge is 0.198 e. The van der Waals surface area contributed by atoms with Crippen molar-refractivity contribution in [3.05, 3.63) is 29.8 Å². The van der Waals surface area contributed by atoms with Crippen molar-refractivity contribution < 1.29 is 9.53 Å². The molecular formula is C12H15O2. The molecule has 0 unspecified atom stereocenters. The molecule has 75 valence electrons. The second-order valence-corrected chi connectivity index (χ2v) is 3.14. The molecule has 2 nitrogen and oxygen atoms in total. The van der Waals surface area contributed by atoms with E-state index >= 15 is 0 Å². The van der Waals surface area contributed by atoms with Gasteiger partial charge in [0.15, 0.2) is 6.29 Å². The standard InChI is InChI=1S/C12H15O2/c1-2-10-14-12-7-5-11(6-8-12)4-3-9-13/h5-8H,2-4,10H2,1H3. The summed E-state index contributed by atoms with van der Waals surface area (Å²) in [6.07, 6.45) is 4.13. The molecule has 2 heteroatoms. The summed E-state index contributed by atoms with van der Waals surface area (Å²) in [7, 11) is 0. The van der Waals surface area contributed by atoms with Gasteiger partial charge in [0.1, 0.15) is 5.75 Å². The van der Waals surface area contributed by atoms with E-state index in [2.05, 4.69) is 6.92 Å². The lowest BCUT2D eigenvalue weighted by molar-refractivity contribution is 0.317.